The van der Waals surface area contributed by atoms with Crippen molar-refractivity contribution in [2.24, 2.45) is 0 Å². The van der Waals surface area contributed by atoms with E-state index in [1.165, 1.54) is 10.2 Å². The first-order valence-corrected chi connectivity index (χ1v) is 7.06. The number of para-hydroxylation sites is 1. The molecule has 0 amide bonds. The summed E-state index contributed by atoms with van der Waals surface area (Å²) in [6.07, 6.45) is 0. The van der Waals surface area contributed by atoms with Gasteiger partial charge in [0.1, 0.15) is 0 Å². The van der Waals surface area contributed by atoms with E-state index in [2.05, 4.69) is 62.6 Å². The minimum absolute atomic E-state index is 0.953. The number of thiol groups is 1. The number of halogens is 1. The normalized spacial score (nSPS) is 17.8. The maximum absolute atomic E-state index is 4.28. The molecule has 4 heteroatoms. The molecule has 0 radical (unpaired) electrons. The van der Waals surface area contributed by atoms with Gasteiger partial charge in [0.2, 0.25) is 0 Å². The van der Waals surface area contributed by atoms with Crippen molar-refractivity contribution < 1.29 is 0 Å². The Hall–Kier alpha value is -0.190. The first-order chi connectivity index (χ1) is 7.81. The van der Waals surface area contributed by atoms with E-state index in [0.717, 1.165) is 38.5 Å². The van der Waals surface area contributed by atoms with Gasteiger partial charge in [-0.25, -0.2) is 0 Å². The lowest BCUT2D eigenvalue weighted by Crippen LogP contribution is -2.47. The van der Waals surface area contributed by atoms with Crippen LogP contribution in [0.4, 0.5) is 5.69 Å². The Balaban J connectivity index is 1.96. The van der Waals surface area contributed by atoms with Crippen molar-refractivity contribution in [3.63, 3.8) is 0 Å². The second-order valence-electron chi connectivity index (χ2n) is 4.00. The standard InChI is InChI=1S/C12H17BrN2S/c13-11-3-1-2-4-12(11)15-7-5-14(6-8-15)9-10-16/h1-4,16H,5-10H2. The number of nitrogens with zero attached hydrogens (tertiary/aromatic N) is 2. The molecule has 0 saturated carbocycles. The molecule has 0 unspecified atom stereocenters. The van der Waals surface area contributed by atoms with Gasteiger partial charge in [0, 0.05) is 42.9 Å². The van der Waals surface area contributed by atoms with Crippen molar-refractivity contribution in [1.29, 1.82) is 0 Å². The fourth-order valence-electron chi connectivity index (χ4n) is 2.06. The van der Waals surface area contributed by atoms with Crippen molar-refractivity contribution >= 4 is 34.2 Å². The molecule has 1 aromatic rings. The van der Waals surface area contributed by atoms with Crippen LogP contribution in [0.15, 0.2) is 28.7 Å². The van der Waals surface area contributed by atoms with Crippen LogP contribution in [0.3, 0.4) is 0 Å². The third-order valence-corrected chi connectivity index (χ3v) is 3.85. The summed E-state index contributed by atoms with van der Waals surface area (Å²) in [6.45, 7) is 5.60. The van der Waals surface area contributed by atoms with E-state index in [0.29, 0.717) is 0 Å². The Bertz CT molecular complexity index is 338. The fourth-order valence-corrected chi connectivity index (χ4v) is 2.88. The number of benzene rings is 1. The quantitative estimate of drug-likeness (QED) is 0.857. The van der Waals surface area contributed by atoms with Crippen LogP contribution < -0.4 is 4.90 Å². The molecule has 1 fully saturated rings. The molecule has 16 heavy (non-hydrogen) atoms. The molecule has 0 atom stereocenters. The predicted octanol–water partition coefficient (Wildman–Crippen LogP) is 2.50. The van der Waals surface area contributed by atoms with Gasteiger partial charge in [-0.3, -0.25) is 4.90 Å². The maximum Gasteiger partial charge on any atom is 0.0511 e. The Morgan fingerprint density at radius 2 is 1.81 bits per heavy atom. The third kappa shape index (κ3) is 2.93. The Morgan fingerprint density at radius 3 is 2.44 bits per heavy atom. The van der Waals surface area contributed by atoms with Crippen molar-refractivity contribution in [3.8, 4) is 0 Å². The minimum Gasteiger partial charge on any atom is -0.368 e. The van der Waals surface area contributed by atoms with E-state index >= 15 is 0 Å². The Morgan fingerprint density at radius 1 is 1.12 bits per heavy atom. The lowest BCUT2D eigenvalue weighted by molar-refractivity contribution is 0.273. The van der Waals surface area contributed by atoms with Gasteiger partial charge < -0.3 is 4.90 Å². The fraction of sp³-hybridized carbons (Fsp3) is 0.500. The number of piperazine rings is 1. The van der Waals surface area contributed by atoms with Crippen molar-refractivity contribution in [2.45, 2.75) is 0 Å². The highest BCUT2D eigenvalue weighted by Gasteiger charge is 2.17. The number of anilines is 1. The largest absolute Gasteiger partial charge is 0.368 e. The zero-order valence-electron chi connectivity index (χ0n) is 9.27. The van der Waals surface area contributed by atoms with Crippen LogP contribution in [-0.4, -0.2) is 43.4 Å². The molecular formula is C12H17BrN2S. The van der Waals surface area contributed by atoms with Crippen molar-refractivity contribution in [1.82, 2.24) is 4.90 Å². The molecule has 1 aromatic carbocycles. The summed E-state index contributed by atoms with van der Waals surface area (Å²) in [4.78, 5) is 4.92. The predicted molar refractivity (Wildman–Crippen MR) is 76.6 cm³/mol. The zero-order chi connectivity index (χ0) is 11.4. The minimum atomic E-state index is 0.953. The number of hydrogen-bond acceptors (Lipinski definition) is 3. The summed E-state index contributed by atoms with van der Waals surface area (Å²) in [5.41, 5.74) is 1.31. The SMILES string of the molecule is SCCN1CCN(c2ccccc2Br)CC1. The summed E-state index contributed by atoms with van der Waals surface area (Å²) in [5.74, 6) is 0.953. The van der Waals surface area contributed by atoms with Crippen molar-refractivity contribution in [3.05, 3.63) is 28.7 Å². The van der Waals surface area contributed by atoms with E-state index in [4.69, 9.17) is 0 Å². The maximum atomic E-state index is 4.28. The summed E-state index contributed by atoms with van der Waals surface area (Å²) in [5, 5.41) is 0. The summed E-state index contributed by atoms with van der Waals surface area (Å²) >= 11 is 7.89. The van der Waals surface area contributed by atoms with Gasteiger partial charge in [-0.05, 0) is 28.1 Å². The van der Waals surface area contributed by atoms with Gasteiger partial charge >= 0.3 is 0 Å². The highest BCUT2D eigenvalue weighted by molar-refractivity contribution is 9.10. The second-order valence-corrected chi connectivity index (χ2v) is 5.31. The third-order valence-electron chi connectivity index (χ3n) is 2.98. The van der Waals surface area contributed by atoms with Gasteiger partial charge in [-0.15, -0.1) is 0 Å². The lowest BCUT2D eigenvalue weighted by Gasteiger charge is -2.36. The molecule has 0 spiro atoms. The monoisotopic (exact) mass is 300 g/mol. The van der Waals surface area contributed by atoms with E-state index in [1.807, 2.05) is 0 Å². The summed E-state index contributed by atoms with van der Waals surface area (Å²) < 4.78 is 1.19. The highest BCUT2D eigenvalue weighted by Crippen LogP contribution is 2.26. The average Bonchev–Trinajstić information content (AvgIpc) is 2.31. The number of rotatable bonds is 3. The first-order valence-electron chi connectivity index (χ1n) is 5.64. The van der Waals surface area contributed by atoms with Crippen LogP contribution >= 0.6 is 28.6 Å². The molecule has 0 N–H and O–H groups in total. The lowest BCUT2D eigenvalue weighted by atomic mass is 10.2. The molecule has 2 rings (SSSR count). The van der Waals surface area contributed by atoms with Crippen LogP contribution in [0.5, 0.6) is 0 Å². The number of hydrogen-bond donors (Lipinski definition) is 1. The van der Waals surface area contributed by atoms with Gasteiger partial charge in [0.15, 0.2) is 0 Å². The molecule has 0 bridgehead atoms. The molecule has 2 nitrogen and oxygen atoms in total. The molecular weight excluding hydrogens is 284 g/mol. The molecule has 88 valence electrons. The van der Waals surface area contributed by atoms with Gasteiger partial charge in [-0.1, -0.05) is 12.1 Å². The van der Waals surface area contributed by atoms with Gasteiger partial charge in [0.25, 0.3) is 0 Å². The second kappa shape index (κ2) is 5.94. The van der Waals surface area contributed by atoms with Crippen molar-refractivity contribution in [2.75, 3.05) is 43.4 Å². The topological polar surface area (TPSA) is 6.48 Å². The van der Waals surface area contributed by atoms with E-state index in [9.17, 15) is 0 Å². The molecule has 0 aliphatic carbocycles. The molecule has 1 aliphatic rings. The molecule has 1 saturated heterocycles. The Labute approximate surface area is 111 Å². The zero-order valence-corrected chi connectivity index (χ0v) is 11.8. The summed E-state index contributed by atoms with van der Waals surface area (Å²) in [6, 6.07) is 8.44. The highest BCUT2D eigenvalue weighted by atomic mass is 79.9. The van der Waals surface area contributed by atoms with Crippen LogP contribution in [0.2, 0.25) is 0 Å². The van der Waals surface area contributed by atoms with Crippen LogP contribution in [0, 0.1) is 0 Å². The van der Waals surface area contributed by atoms with E-state index < -0.39 is 0 Å². The Kier molecular flexibility index (Phi) is 4.55. The average molecular weight is 301 g/mol. The van der Waals surface area contributed by atoms with E-state index in [-0.39, 0.29) is 0 Å². The van der Waals surface area contributed by atoms with Crippen LogP contribution in [-0.2, 0) is 0 Å². The van der Waals surface area contributed by atoms with E-state index in [1.54, 1.807) is 0 Å². The molecule has 1 heterocycles. The van der Waals surface area contributed by atoms with Crippen LogP contribution in [0.25, 0.3) is 0 Å². The molecule has 0 aromatic heterocycles. The first kappa shape index (κ1) is 12.3. The molecule has 1 aliphatic heterocycles. The van der Waals surface area contributed by atoms with Gasteiger partial charge in [0.05, 0.1) is 5.69 Å². The smallest absolute Gasteiger partial charge is 0.0511 e. The van der Waals surface area contributed by atoms with Gasteiger partial charge in [-0.2, -0.15) is 12.6 Å². The van der Waals surface area contributed by atoms with Crippen LogP contribution in [0.1, 0.15) is 0 Å². The summed E-state index contributed by atoms with van der Waals surface area (Å²) in [7, 11) is 0.